The molecule has 1 saturated carbocycles. The average Bonchev–Trinajstić information content (AvgIpc) is 2.74. The minimum absolute atomic E-state index is 0.0255. The second-order valence-corrected chi connectivity index (χ2v) is 4.35. The Balaban J connectivity index is 2.20. The molecule has 6 heteroatoms. The third kappa shape index (κ3) is 2.41. The van der Waals surface area contributed by atoms with Crippen LogP contribution >= 0.6 is 0 Å². The van der Waals surface area contributed by atoms with Gasteiger partial charge in [0.1, 0.15) is 11.6 Å². The molecule has 2 N–H and O–H groups in total. The Morgan fingerprint density at radius 3 is 2.83 bits per heavy atom. The molecule has 6 nitrogen and oxygen atoms in total. The van der Waals surface area contributed by atoms with E-state index in [1.807, 2.05) is 6.07 Å². The minimum Gasteiger partial charge on any atom is -0.391 e. The van der Waals surface area contributed by atoms with E-state index < -0.39 is 11.0 Å². The molecule has 1 fully saturated rings. The monoisotopic (exact) mass is 247 g/mol. The lowest BCUT2D eigenvalue weighted by Crippen LogP contribution is -2.27. The van der Waals surface area contributed by atoms with Crippen molar-refractivity contribution in [3.8, 4) is 6.07 Å². The lowest BCUT2D eigenvalue weighted by atomic mass is 10.1. The van der Waals surface area contributed by atoms with Gasteiger partial charge in [0.2, 0.25) is 0 Å². The predicted molar refractivity (Wildman–Crippen MR) is 65.1 cm³/mol. The van der Waals surface area contributed by atoms with E-state index in [1.165, 1.54) is 12.1 Å². The Hall–Kier alpha value is -2.13. The Morgan fingerprint density at radius 2 is 2.28 bits per heavy atom. The van der Waals surface area contributed by atoms with E-state index >= 15 is 0 Å². The number of hydrogen-bond acceptors (Lipinski definition) is 5. The lowest BCUT2D eigenvalue weighted by molar-refractivity contribution is -0.385. The van der Waals surface area contributed by atoms with Gasteiger partial charge in [-0.25, -0.2) is 0 Å². The number of nitriles is 1. The Labute approximate surface area is 104 Å². The molecule has 18 heavy (non-hydrogen) atoms. The lowest BCUT2D eigenvalue weighted by Gasteiger charge is -2.17. The summed E-state index contributed by atoms with van der Waals surface area (Å²) in [5.41, 5.74) is 0.454. The summed E-state index contributed by atoms with van der Waals surface area (Å²) < 4.78 is 0. The number of benzene rings is 1. The normalized spacial score (nSPS) is 22.4. The number of nitro groups is 1. The topological polar surface area (TPSA) is 99.2 Å². The zero-order valence-electron chi connectivity index (χ0n) is 9.67. The molecule has 94 valence electrons. The predicted octanol–water partition coefficient (Wildman–Crippen LogP) is 1.79. The van der Waals surface area contributed by atoms with E-state index in [4.69, 9.17) is 5.26 Å². The van der Waals surface area contributed by atoms with Gasteiger partial charge in [0.05, 0.1) is 17.1 Å². The van der Waals surface area contributed by atoms with Gasteiger partial charge < -0.3 is 10.4 Å². The van der Waals surface area contributed by atoms with Gasteiger partial charge in [0, 0.05) is 11.8 Å². The van der Waals surface area contributed by atoms with E-state index in [2.05, 4.69) is 5.32 Å². The molecule has 1 aromatic carbocycles. The van der Waals surface area contributed by atoms with Gasteiger partial charge in [-0.1, -0.05) is 0 Å². The number of hydrogen-bond donors (Lipinski definition) is 2. The summed E-state index contributed by atoms with van der Waals surface area (Å²) in [6, 6.07) is 6.08. The van der Waals surface area contributed by atoms with E-state index in [0.29, 0.717) is 5.69 Å². The van der Waals surface area contributed by atoms with Crippen LogP contribution < -0.4 is 5.32 Å². The smallest absolute Gasteiger partial charge is 0.287 e. The molecule has 0 aliphatic heterocycles. The van der Waals surface area contributed by atoms with Gasteiger partial charge in [-0.3, -0.25) is 10.1 Å². The highest BCUT2D eigenvalue weighted by Crippen LogP contribution is 2.26. The molecule has 1 aliphatic rings. The molecular weight excluding hydrogens is 234 g/mol. The van der Waals surface area contributed by atoms with Crippen LogP contribution in [-0.4, -0.2) is 22.2 Å². The van der Waals surface area contributed by atoms with E-state index in [0.717, 1.165) is 19.3 Å². The van der Waals surface area contributed by atoms with E-state index in [-0.39, 0.29) is 17.3 Å². The molecule has 0 heterocycles. The molecule has 0 saturated heterocycles. The fraction of sp³-hybridized carbons (Fsp3) is 0.417. The van der Waals surface area contributed by atoms with Gasteiger partial charge in [0.25, 0.3) is 5.69 Å². The summed E-state index contributed by atoms with van der Waals surface area (Å²) in [7, 11) is 0. The van der Waals surface area contributed by atoms with Crippen LogP contribution in [0, 0.1) is 21.4 Å². The number of nitrogens with one attached hydrogen (secondary N) is 1. The molecule has 0 unspecified atom stereocenters. The van der Waals surface area contributed by atoms with Crippen molar-refractivity contribution in [2.45, 2.75) is 31.4 Å². The maximum atomic E-state index is 10.7. The van der Waals surface area contributed by atoms with Crippen LogP contribution in [0.15, 0.2) is 18.2 Å². The van der Waals surface area contributed by atoms with Crippen molar-refractivity contribution in [2.24, 2.45) is 0 Å². The van der Waals surface area contributed by atoms with Gasteiger partial charge >= 0.3 is 0 Å². The molecule has 0 radical (unpaired) electrons. The molecule has 1 aliphatic carbocycles. The van der Waals surface area contributed by atoms with Crippen LogP contribution in [0.1, 0.15) is 24.8 Å². The first-order valence-electron chi connectivity index (χ1n) is 5.75. The fourth-order valence-corrected chi connectivity index (χ4v) is 2.20. The van der Waals surface area contributed by atoms with Gasteiger partial charge in [-0.05, 0) is 31.4 Å². The molecule has 0 bridgehead atoms. The highest BCUT2D eigenvalue weighted by molar-refractivity contribution is 5.59. The first kappa shape index (κ1) is 12.3. The van der Waals surface area contributed by atoms with Crippen molar-refractivity contribution in [2.75, 3.05) is 5.32 Å². The third-order valence-electron chi connectivity index (χ3n) is 3.15. The van der Waals surface area contributed by atoms with Crippen LogP contribution in [0.25, 0.3) is 0 Å². The first-order chi connectivity index (χ1) is 8.61. The van der Waals surface area contributed by atoms with Crippen molar-refractivity contribution in [3.05, 3.63) is 33.9 Å². The summed E-state index contributed by atoms with van der Waals surface area (Å²) in [5.74, 6) is 0. The quantitative estimate of drug-likeness (QED) is 0.626. The molecule has 0 amide bonds. The first-order valence-corrected chi connectivity index (χ1v) is 5.75. The number of nitro benzene ring substituents is 1. The van der Waals surface area contributed by atoms with E-state index in [9.17, 15) is 15.2 Å². The van der Waals surface area contributed by atoms with Crippen LogP contribution in [0.5, 0.6) is 0 Å². The Bertz CT molecular complexity index is 510. The summed E-state index contributed by atoms with van der Waals surface area (Å²) in [5, 5.41) is 32.3. The van der Waals surface area contributed by atoms with Crippen LogP contribution in [0.2, 0.25) is 0 Å². The number of anilines is 1. The second kappa shape index (κ2) is 5.02. The van der Waals surface area contributed by atoms with Crippen LogP contribution in [-0.2, 0) is 0 Å². The van der Waals surface area contributed by atoms with E-state index in [1.54, 1.807) is 6.07 Å². The van der Waals surface area contributed by atoms with Crippen molar-refractivity contribution in [1.82, 2.24) is 0 Å². The minimum atomic E-state index is -0.577. The molecule has 0 spiro atoms. The molecule has 2 atom stereocenters. The van der Waals surface area contributed by atoms with Crippen LogP contribution in [0.4, 0.5) is 11.4 Å². The molecule has 1 aromatic rings. The van der Waals surface area contributed by atoms with Crippen LogP contribution in [0.3, 0.4) is 0 Å². The largest absolute Gasteiger partial charge is 0.391 e. The Morgan fingerprint density at radius 1 is 1.50 bits per heavy atom. The molecule has 0 aromatic heterocycles. The van der Waals surface area contributed by atoms with Gasteiger partial charge in [-0.2, -0.15) is 5.26 Å². The number of aliphatic hydroxyl groups excluding tert-OH is 1. The van der Waals surface area contributed by atoms with Crippen molar-refractivity contribution < 1.29 is 10.0 Å². The van der Waals surface area contributed by atoms with Crippen molar-refractivity contribution in [3.63, 3.8) is 0 Å². The Kier molecular flexibility index (Phi) is 3.44. The van der Waals surface area contributed by atoms with Crippen molar-refractivity contribution in [1.29, 1.82) is 5.26 Å². The second-order valence-electron chi connectivity index (χ2n) is 4.35. The maximum absolute atomic E-state index is 10.7. The summed E-state index contributed by atoms with van der Waals surface area (Å²) >= 11 is 0. The number of nitrogens with zero attached hydrogens (tertiary/aromatic N) is 2. The SMILES string of the molecule is N#Cc1cc(N[C@@H]2CCC[C@H]2O)ccc1[N+](=O)[O-]. The van der Waals surface area contributed by atoms with Gasteiger partial charge in [-0.15, -0.1) is 0 Å². The fourth-order valence-electron chi connectivity index (χ4n) is 2.20. The summed E-state index contributed by atoms with van der Waals surface area (Å²) in [6.07, 6.45) is 2.18. The average molecular weight is 247 g/mol. The summed E-state index contributed by atoms with van der Waals surface area (Å²) in [6.45, 7) is 0. The van der Waals surface area contributed by atoms with Crippen molar-refractivity contribution >= 4 is 11.4 Å². The van der Waals surface area contributed by atoms with Gasteiger partial charge in [0.15, 0.2) is 0 Å². The molecule has 2 rings (SSSR count). The standard InChI is InChI=1S/C12H13N3O3/c13-7-8-6-9(4-5-11(8)15(17)18)14-10-2-1-3-12(10)16/h4-6,10,12,14,16H,1-3H2/t10-,12-/m1/s1. The molecular formula is C12H13N3O3. The summed E-state index contributed by atoms with van der Waals surface area (Å²) in [4.78, 5) is 10.1. The third-order valence-corrected chi connectivity index (χ3v) is 3.15. The highest BCUT2D eigenvalue weighted by atomic mass is 16.6. The maximum Gasteiger partial charge on any atom is 0.287 e. The zero-order valence-corrected chi connectivity index (χ0v) is 9.67. The zero-order chi connectivity index (χ0) is 13.1. The highest BCUT2D eigenvalue weighted by Gasteiger charge is 2.25. The number of rotatable bonds is 3. The number of aliphatic hydroxyl groups is 1.